The molecule has 0 aromatic heterocycles. The van der Waals surface area contributed by atoms with Crippen LogP contribution in [0.5, 0.6) is 0 Å². The van der Waals surface area contributed by atoms with Crippen LogP contribution in [0.3, 0.4) is 0 Å². The molecule has 0 spiro atoms. The van der Waals surface area contributed by atoms with E-state index in [1.807, 2.05) is 27.7 Å². The summed E-state index contributed by atoms with van der Waals surface area (Å²) in [5.41, 5.74) is 11.2. The molecule has 0 unspecified atom stereocenters. The van der Waals surface area contributed by atoms with E-state index in [4.69, 9.17) is 11.5 Å². The summed E-state index contributed by atoms with van der Waals surface area (Å²) in [6, 6.07) is 0. The quantitative estimate of drug-likeness (QED) is 0.510. The number of rotatable bonds is 2. The van der Waals surface area contributed by atoms with Gasteiger partial charge < -0.3 is 11.5 Å². The summed E-state index contributed by atoms with van der Waals surface area (Å²) >= 11 is 4.43. The zero-order valence-electron chi connectivity index (χ0n) is 7.93. The minimum absolute atomic E-state index is 0.141. The van der Waals surface area contributed by atoms with Gasteiger partial charge in [0.05, 0.1) is 0 Å². The van der Waals surface area contributed by atoms with Crippen molar-refractivity contribution < 1.29 is 8.07 Å². The van der Waals surface area contributed by atoms with E-state index in [1.54, 1.807) is 8.07 Å². The van der Waals surface area contributed by atoms with Gasteiger partial charge in [-0.05, 0) is 34.1 Å². The van der Waals surface area contributed by atoms with E-state index in [2.05, 4.69) is 41.0 Å². The molecule has 0 atom stereocenters. The molecule has 0 aliphatic rings. The molecule has 0 fully saturated rings. The van der Waals surface area contributed by atoms with Gasteiger partial charge in [-0.1, -0.05) is 0 Å². The van der Waals surface area contributed by atoms with Crippen molar-refractivity contribution >= 4 is 41.0 Å². The van der Waals surface area contributed by atoms with E-state index in [0.29, 0.717) is 0 Å². The minimum atomic E-state index is -0.141. The second-order valence-corrected chi connectivity index (χ2v) is 12.5. The van der Waals surface area contributed by atoms with Crippen LogP contribution >= 0.6 is 41.0 Å². The van der Waals surface area contributed by atoms with Crippen molar-refractivity contribution in [2.24, 2.45) is 11.5 Å². The number of hydrogen-bond donors (Lipinski definition) is 2. The first-order chi connectivity index (χ1) is 5.12. The van der Waals surface area contributed by atoms with E-state index in [0.717, 1.165) is 6.42 Å². The predicted molar refractivity (Wildman–Crippen MR) is 69.2 cm³/mol. The van der Waals surface area contributed by atoms with Crippen molar-refractivity contribution in [3.63, 3.8) is 0 Å². The normalized spacial score (nSPS) is 12.3. The standard InChI is InChI=1S/C7H18N2.2HI.Ni/c1-6(2,8)5-7(3,4)9;;;/h5,8-9H2,1-4H3;2*1H;/q;;;+2/p-2. The van der Waals surface area contributed by atoms with E-state index in [1.165, 1.54) is 0 Å². The van der Waals surface area contributed by atoms with Gasteiger partial charge in [-0.25, -0.2) is 0 Å². The van der Waals surface area contributed by atoms with Gasteiger partial charge in [-0.2, -0.15) is 0 Å². The Morgan fingerprint density at radius 1 is 1.00 bits per heavy atom. The fourth-order valence-electron chi connectivity index (χ4n) is 1.17. The Balaban J connectivity index is 0. The van der Waals surface area contributed by atoms with Crippen molar-refractivity contribution in [3.05, 3.63) is 0 Å². The van der Waals surface area contributed by atoms with Crippen LogP contribution in [0.1, 0.15) is 34.1 Å². The Morgan fingerprint density at radius 2 is 1.17 bits per heavy atom. The SMILES string of the molecule is CC(C)(N)CC(C)(C)N.[I][Ni][I]. The summed E-state index contributed by atoms with van der Waals surface area (Å²) in [5.74, 6) is 0. The van der Waals surface area contributed by atoms with Crippen LogP contribution in [0.15, 0.2) is 0 Å². The molecule has 0 saturated heterocycles. The second kappa shape index (κ2) is 7.20. The van der Waals surface area contributed by atoms with Crippen LogP contribution in [-0.4, -0.2) is 11.1 Å². The van der Waals surface area contributed by atoms with Crippen LogP contribution in [0.25, 0.3) is 0 Å². The molecule has 0 heterocycles. The summed E-state index contributed by atoms with van der Waals surface area (Å²) in [5, 5.41) is 0. The van der Waals surface area contributed by atoms with Gasteiger partial charge in [0.15, 0.2) is 0 Å². The monoisotopic (exact) mass is 442 g/mol. The Hall–Kier alpha value is 1.87. The first-order valence-electron chi connectivity index (χ1n) is 3.52. The zero-order chi connectivity index (χ0) is 10.4. The first kappa shape index (κ1) is 16.3. The van der Waals surface area contributed by atoms with E-state index in [-0.39, 0.29) is 11.1 Å². The summed E-state index contributed by atoms with van der Waals surface area (Å²) in [4.78, 5) is 0. The Morgan fingerprint density at radius 3 is 1.17 bits per heavy atom. The molecule has 80 valence electrons. The Kier molecular flexibility index (Phi) is 9.79. The molecule has 0 aliphatic heterocycles. The van der Waals surface area contributed by atoms with Crippen molar-refractivity contribution in [1.82, 2.24) is 0 Å². The fraction of sp³-hybridized carbons (Fsp3) is 1.00. The Bertz CT molecular complexity index is 95.0. The van der Waals surface area contributed by atoms with Crippen molar-refractivity contribution in [2.45, 2.75) is 45.2 Å². The third-order valence-electron chi connectivity index (χ3n) is 0.911. The number of nitrogens with two attached hydrogens (primary N) is 2. The third-order valence-corrected chi connectivity index (χ3v) is 0.911. The average molecular weight is 443 g/mol. The van der Waals surface area contributed by atoms with Gasteiger partial charge in [0.2, 0.25) is 0 Å². The molecule has 4 N–H and O–H groups in total. The zero-order valence-corrected chi connectivity index (χ0v) is 13.2. The first-order valence-corrected chi connectivity index (χ1v) is 9.90. The molecular weight excluding hydrogens is 425 g/mol. The van der Waals surface area contributed by atoms with Crippen LogP contribution in [0, 0.1) is 0 Å². The third kappa shape index (κ3) is 22.6. The summed E-state index contributed by atoms with van der Waals surface area (Å²) in [6.07, 6.45) is 0.847. The molecule has 0 aromatic rings. The molecule has 0 aliphatic carbocycles. The van der Waals surface area contributed by atoms with Crippen LogP contribution in [0.4, 0.5) is 0 Å². The van der Waals surface area contributed by atoms with E-state index < -0.39 is 0 Å². The fourth-order valence-corrected chi connectivity index (χ4v) is 1.17. The molecular formula is C7H18I2N2Ni. The van der Waals surface area contributed by atoms with Gasteiger partial charge in [0.1, 0.15) is 0 Å². The van der Waals surface area contributed by atoms with Gasteiger partial charge in [0, 0.05) is 11.1 Å². The molecule has 0 rings (SSSR count). The molecule has 0 saturated carbocycles. The summed E-state index contributed by atoms with van der Waals surface area (Å²) in [7, 11) is 1.56. The molecule has 2 nitrogen and oxygen atoms in total. The van der Waals surface area contributed by atoms with Gasteiger partial charge in [-0.3, -0.25) is 0 Å². The van der Waals surface area contributed by atoms with Gasteiger partial charge in [0.25, 0.3) is 0 Å². The van der Waals surface area contributed by atoms with Crippen molar-refractivity contribution in [3.8, 4) is 0 Å². The second-order valence-electron chi connectivity index (χ2n) is 4.20. The molecule has 0 radical (unpaired) electrons. The Labute approximate surface area is 105 Å². The summed E-state index contributed by atoms with van der Waals surface area (Å²) in [6.45, 7) is 7.95. The van der Waals surface area contributed by atoms with Crippen LogP contribution in [0.2, 0.25) is 0 Å². The number of halogens is 2. The summed E-state index contributed by atoms with van der Waals surface area (Å²) < 4.78 is 0. The van der Waals surface area contributed by atoms with E-state index in [9.17, 15) is 0 Å². The molecule has 12 heavy (non-hydrogen) atoms. The molecule has 0 amide bonds. The average Bonchev–Trinajstić information content (AvgIpc) is 1.53. The maximum absolute atomic E-state index is 5.74. The van der Waals surface area contributed by atoms with Crippen molar-refractivity contribution in [2.75, 3.05) is 0 Å². The predicted octanol–water partition coefficient (Wildman–Crippen LogP) is 2.62. The maximum atomic E-state index is 5.74. The van der Waals surface area contributed by atoms with Crippen LogP contribution in [-0.2, 0) is 8.07 Å². The topological polar surface area (TPSA) is 52.0 Å². The molecule has 0 aromatic carbocycles. The van der Waals surface area contributed by atoms with Gasteiger partial charge in [-0.15, -0.1) is 0 Å². The van der Waals surface area contributed by atoms with E-state index >= 15 is 0 Å². The molecule has 5 heteroatoms. The molecule has 0 bridgehead atoms. The van der Waals surface area contributed by atoms with Gasteiger partial charge >= 0.3 is 49.0 Å². The van der Waals surface area contributed by atoms with Crippen molar-refractivity contribution in [1.29, 1.82) is 0 Å². The van der Waals surface area contributed by atoms with Crippen LogP contribution < -0.4 is 11.5 Å². The number of hydrogen-bond acceptors (Lipinski definition) is 2.